The number of nitrogen functional groups attached to an aromatic ring is 1. The van der Waals surface area contributed by atoms with Gasteiger partial charge in [-0.25, -0.2) is 0 Å². The van der Waals surface area contributed by atoms with Gasteiger partial charge >= 0.3 is 0 Å². The van der Waals surface area contributed by atoms with Gasteiger partial charge in [0.1, 0.15) is 5.82 Å². The van der Waals surface area contributed by atoms with Crippen molar-refractivity contribution in [2.45, 2.75) is 0 Å². The molecule has 0 aliphatic heterocycles. The monoisotopic (exact) mass is 277 g/mol. The summed E-state index contributed by atoms with van der Waals surface area (Å²) < 4.78 is 0. The van der Waals surface area contributed by atoms with Crippen LogP contribution in [0.5, 0.6) is 0 Å². The van der Waals surface area contributed by atoms with Crippen molar-refractivity contribution < 1.29 is 0 Å². The zero-order valence-electron chi connectivity index (χ0n) is 10.9. The summed E-state index contributed by atoms with van der Waals surface area (Å²) in [6.45, 7) is 0. The molecule has 0 saturated carbocycles. The van der Waals surface area contributed by atoms with Gasteiger partial charge in [0.25, 0.3) is 0 Å². The molecule has 0 radical (unpaired) electrons. The van der Waals surface area contributed by atoms with Gasteiger partial charge in [-0.2, -0.15) is 15.1 Å². The molecule has 0 atom stereocenters. The molecule has 0 aliphatic rings. The Morgan fingerprint density at radius 1 is 1.14 bits per heavy atom. The van der Waals surface area contributed by atoms with Crippen molar-refractivity contribution in [2.24, 2.45) is 0 Å². The first-order valence-electron chi connectivity index (χ1n) is 6.38. The van der Waals surface area contributed by atoms with E-state index in [-0.39, 0.29) is 5.95 Å². The van der Waals surface area contributed by atoms with Gasteiger partial charge in [0.2, 0.25) is 5.95 Å². The average Bonchev–Trinajstić information content (AvgIpc) is 2.95. The number of nitrogens with one attached hydrogen (secondary N) is 2. The first-order chi connectivity index (χ1) is 10.3. The lowest BCUT2D eigenvalue weighted by atomic mass is 10.2. The van der Waals surface area contributed by atoms with E-state index >= 15 is 0 Å². The molecule has 102 valence electrons. The number of pyridine rings is 1. The highest BCUT2D eigenvalue weighted by atomic mass is 15.2. The number of H-pyrrole nitrogens is 1. The summed E-state index contributed by atoms with van der Waals surface area (Å²) in [4.78, 5) is 12.6. The summed E-state index contributed by atoms with van der Waals surface area (Å²) in [6.07, 6.45) is 3.44. The Morgan fingerprint density at radius 3 is 3.05 bits per heavy atom. The molecule has 0 bridgehead atoms. The van der Waals surface area contributed by atoms with Gasteiger partial charge < -0.3 is 11.1 Å². The van der Waals surface area contributed by atoms with Crippen molar-refractivity contribution in [1.82, 2.24) is 25.1 Å². The number of hydrogen-bond donors (Lipinski definition) is 3. The van der Waals surface area contributed by atoms with Crippen LogP contribution in [0, 0.1) is 0 Å². The van der Waals surface area contributed by atoms with Crippen molar-refractivity contribution in [1.29, 1.82) is 0 Å². The first-order valence-corrected chi connectivity index (χ1v) is 6.38. The maximum Gasteiger partial charge on any atom is 0.224 e. The summed E-state index contributed by atoms with van der Waals surface area (Å²) in [7, 11) is 0. The van der Waals surface area contributed by atoms with Gasteiger partial charge in [-0.1, -0.05) is 6.07 Å². The second-order valence-electron chi connectivity index (χ2n) is 4.60. The molecule has 4 rings (SSSR count). The van der Waals surface area contributed by atoms with Gasteiger partial charge in [-0.05, 0) is 24.3 Å². The van der Waals surface area contributed by atoms with E-state index in [9.17, 15) is 0 Å². The highest BCUT2D eigenvalue weighted by molar-refractivity contribution is 5.90. The Hall–Kier alpha value is -3.22. The zero-order chi connectivity index (χ0) is 14.2. The van der Waals surface area contributed by atoms with Crippen LogP contribution in [0.15, 0.2) is 42.7 Å². The van der Waals surface area contributed by atoms with Gasteiger partial charge in [-0.15, -0.1) is 0 Å². The van der Waals surface area contributed by atoms with Crippen molar-refractivity contribution in [2.75, 3.05) is 11.1 Å². The molecule has 3 aromatic heterocycles. The normalized spacial score (nSPS) is 11.0. The van der Waals surface area contributed by atoms with E-state index in [1.54, 1.807) is 12.4 Å². The Morgan fingerprint density at radius 2 is 2.10 bits per heavy atom. The van der Waals surface area contributed by atoms with Crippen molar-refractivity contribution in [3.8, 4) is 0 Å². The van der Waals surface area contributed by atoms with Crippen LogP contribution in [-0.2, 0) is 0 Å². The van der Waals surface area contributed by atoms with Crippen LogP contribution in [0.25, 0.3) is 21.9 Å². The van der Waals surface area contributed by atoms with E-state index in [4.69, 9.17) is 5.73 Å². The minimum atomic E-state index is 0.191. The van der Waals surface area contributed by atoms with Gasteiger partial charge in [0.15, 0.2) is 5.65 Å². The third-order valence-electron chi connectivity index (χ3n) is 3.19. The third-order valence-corrected chi connectivity index (χ3v) is 3.19. The summed E-state index contributed by atoms with van der Waals surface area (Å²) in [5, 5.41) is 11.8. The predicted molar refractivity (Wildman–Crippen MR) is 81.1 cm³/mol. The second kappa shape index (κ2) is 4.41. The molecule has 0 amide bonds. The maximum atomic E-state index is 5.71. The van der Waals surface area contributed by atoms with Crippen LogP contribution in [0.2, 0.25) is 0 Å². The Bertz CT molecular complexity index is 944. The van der Waals surface area contributed by atoms with Crippen LogP contribution in [0.4, 0.5) is 17.5 Å². The van der Waals surface area contributed by atoms with E-state index < -0.39 is 0 Å². The lowest BCUT2D eigenvalue weighted by Crippen LogP contribution is -2.00. The fraction of sp³-hybridized carbons (Fsp3) is 0. The minimum absolute atomic E-state index is 0.191. The molecular weight excluding hydrogens is 266 g/mol. The number of fused-ring (bicyclic) bond motifs is 2. The topological polar surface area (TPSA) is 105 Å². The number of rotatable bonds is 2. The number of anilines is 3. The molecule has 4 N–H and O–H groups in total. The Balaban J connectivity index is 1.80. The van der Waals surface area contributed by atoms with E-state index in [2.05, 4.69) is 30.5 Å². The van der Waals surface area contributed by atoms with Crippen molar-refractivity contribution >= 4 is 39.4 Å². The molecule has 0 saturated heterocycles. The lowest BCUT2D eigenvalue weighted by Gasteiger charge is -2.08. The molecule has 0 aliphatic carbocycles. The largest absolute Gasteiger partial charge is 0.368 e. The number of nitrogens with two attached hydrogens (primary N) is 1. The number of benzene rings is 1. The fourth-order valence-corrected chi connectivity index (χ4v) is 2.24. The van der Waals surface area contributed by atoms with Crippen LogP contribution < -0.4 is 11.1 Å². The van der Waals surface area contributed by atoms with Crippen molar-refractivity contribution in [3.05, 3.63) is 42.7 Å². The predicted octanol–water partition coefficient (Wildman–Crippen LogP) is 2.23. The van der Waals surface area contributed by atoms with E-state index in [1.165, 1.54) is 0 Å². The average molecular weight is 277 g/mol. The standard InChI is InChI=1S/C14H11N7/c15-14-19-12(10-7-17-21-13(10)20-14)18-9-3-4-11-8(6-9)2-1-5-16-11/h1-7H,(H4,15,17,18,19,20,21). The van der Waals surface area contributed by atoms with Gasteiger partial charge in [0.05, 0.1) is 17.1 Å². The molecule has 0 fully saturated rings. The molecule has 0 spiro atoms. The van der Waals surface area contributed by atoms with Crippen LogP contribution in [-0.4, -0.2) is 25.1 Å². The highest BCUT2D eigenvalue weighted by Crippen LogP contribution is 2.25. The summed E-state index contributed by atoms with van der Waals surface area (Å²) >= 11 is 0. The fourth-order valence-electron chi connectivity index (χ4n) is 2.24. The number of nitrogens with zero attached hydrogens (tertiary/aromatic N) is 4. The molecular formula is C14H11N7. The van der Waals surface area contributed by atoms with E-state index in [1.807, 2.05) is 30.3 Å². The minimum Gasteiger partial charge on any atom is -0.368 e. The lowest BCUT2D eigenvalue weighted by molar-refractivity contribution is 1.09. The van der Waals surface area contributed by atoms with Crippen LogP contribution >= 0.6 is 0 Å². The maximum absolute atomic E-state index is 5.71. The van der Waals surface area contributed by atoms with Crippen LogP contribution in [0.3, 0.4) is 0 Å². The highest BCUT2D eigenvalue weighted by Gasteiger charge is 2.08. The molecule has 3 heterocycles. The quantitative estimate of drug-likeness (QED) is 0.519. The smallest absolute Gasteiger partial charge is 0.224 e. The third kappa shape index (κ3) is 2.00. The van der Waals surface area contributed by atoms with E-state index in [0.29, 0.717) is 11.5 Å². The number of hydrogen-bond acceptors (Lipinski definition) is 6. The SMILES string of the molecule is Nc1nc(Nc2ccc3ncccc3c2)c2cn[nH]c2n1. The summed E-state index contributed by atoms with van der Waals surface area (Å²) in [5.74, 6) is 0.811. The zero-order valence-corrected chi connectivity index (χ0v) is 10.9. The first kappa shape index (κ1) is 11.6. The van der Waals surface area contributed by atoms with E-state index in [0.717, 1.165) is 22.0 Å². The number of aromatic amines is 1. The molecule has 1 aromatic carbocycles. The molecule has 21 heavy (non-hydrogen) atoms. The van der Waals surface area contributed by atoms with Crippen molar-refractivity contribution in [3.63, 3.8) is 0 Å². The summed E-state index contributed by atoms with van der Waals surface area (Å²) in [5.41, 5.74) is 8.15. The molecule has 4 aromatic rings. The Kier molecular flexibility index (Phi) is 2.43. The van der Waals surface area contributed by atoms with Crippen LogP contribution in [0.1, 0.15) is 0 Å². The van der Waals surface area contributed by atoms with Gasteiger partial charge in [0, 0.05) is 17.3 Å². The molecule has 7 nitrogen and oxygen atoms in total. The summed E-state index contributed by atoms with van der Waals surface area (Å²) in [6, 6.07) is 9.82. The number of aromatic nitrogens is 5. The second-order valence-corrected chi connectivity index (χ2v) is 4.60. The molecule has 0 unspecified atom stereocenters. The van der Waals surface area contributed by atoms with Gasteiger partial charge in [-0.3, -0.25) is 10.1 Å². The Labute approximate surface area is 119 Å². The molecule has 7 heteroatoms.